The lowest BCUT2D eigenvalue weighted by Gasteiger charge is -2.37. The highest BCUT2D eigenvalue weighted by atomic mass is 16.2. The number of nitrogens with zero attached hydrogens (tertiary/aromatic N) is 1. The van der Waals surface area contributed by atoms with Crippen LogP contribution in [0.5, 0.6) is 0 Å². The molecule has 13 heavy (non-hydrogen) atoms. The Morgan fingerprint density at radius 2 is 1.92 bits per heavy atom. The van der Waals surface area contributed by atoms with E-state index < -0.39 is 0 Å². The molecule has 0 aromatic rings. The molecule has 1 saturated heterocycles. The van der Waals surface area contributed by atoms with Crippen molar-refractivity contribution >= 4 is 11.8 Å². The van der Waals surface area contributed by atoms with Crippen LogP contribution in [0.25, 0.3) is 0 Å². The predicted molar refractivity (Wildman–Crippen MR) is 49.0 cm³/mol. The molecule has 0 aliphatic carbocycles. The van der Waals surface area contributed by atoms with Crippen LogP contribution < -0.4 is 5.32 Å². The first-order chi connectivity index (χ1) is 5.95. The average molecular weight is 184 g/mol. The highest BCUT2D eigenvalue weighted by Crippen LogP contribution is 2.14. The topological polar surface area (TPSA) is 49.4 Å². The van der Waals surface area contributed by atoms with Crippen molar-refractivity contribution in [1.82, 2.24) is 10.2 Å². The van der Waals surface area contributed by atoms with Gasteiger partial charge in [0.25, 0.3) is 0 Å². The molecule has 74 valence electrons. The summed E-state index contributed by atoms with van der Waals surface area (Å²) in [6.07, 6.45) is 0. The maximum absolute atomic E-state index is 11.5. The van der Waals surface area contributed by atoms with Crippen LogP contribution in [0.4, 0.5) is 0 Å². The lowest BCUT2D eigenvalue weighted by atomic mass is 9.98. The van der Waals surface area contributed by atoms with Crippen LogP contribution in [0.15, 0.2) is 0 Å². The normalized spacial score (nSPS) is 29.5. The van der Waals surface area contributed by atoms with Crippen molar-refractivity contribution < 1.29 is 9.59 Å². The first-order valence-electron chi connectivity index (χ1n) is 4.52. The highest BCUT2D eigenvalue weighted by molar-refractivity contribution is 5.96. The first-order valence-corrected chi connectivity index (χ1v) is 4.52. The summed E-state index contributed by atoms with van der Waals surface area (Å²) in [6.45, 7) is 5.57. The van der Waals surface area contributed by atoms with Gasteiger partial charge in [0, 0.05) is 7.05 Å². The van der Waals surface area contributed by atoms with Gasteiger partial charge in [-0.2, -0.15) is 0 Å². The second kappa shape index (κ2) is 3.36. The summed E-state index contributed by atoms with van der Waals surface area (Å²) in [4.78, 5) is 24.5. The fourth-order valence-electron chi connectivity index (χ4n) is 1.73. The quantitative estimate of drug-likeness (QED) is 0.623. The number of likely N-dealkylation sites (N-methyl/N-ethyl adjacent to an activating group) is 1. The lowest BCUT2D eigenvalue weighted by Crippen LogP contribution is -2.62. The molecule has 0 saturated carbocycles. The number of piperazine rings is 1. The third kappa shape index (κ3) is 1.66. The van der Waals surface area contributed by atoms with Crippen LogP contribution in [0.1, 0.15) is 20.8 Å². The molecule has 1 aliphatic rings. The minimum atomic E-state index is -0.382. The molecule has 4 nitrogen and oxygen atoms in total. The fraction of sp³-hybridized carbons (Fsp3) is 0.778. The van der Waals surface area contributed by atoms with Crippen molar-refractivity contribution in [3.05, 3.63) is 0 Å². The van der Waals surface area contributed by atoms with Gasteiger partial charge >= 0.3 is 0 Å². The molecule has 1 rings (SSSR count). The van der Waals surface area contributed by atoms with E-state index in [9.17, 15) is 9.59 Å². The standard InChI is InChI=1S/C9H16N2O2/c1-5(2)7-8(12)10-6(3)9(13)11(7)4/h5-7H,1-4H3,(H,10,12). The monoisotopic (exact) mass is 184 g/mol. The van der Waals surface area contributed by atoms with Gasteiger partial charge in [0.05, 0.1) is 0 Å². The van der Waals surface area contributed by atoms with Gasteiger partial charge in [-0.1, -0.05) is 13.8 Å². The summed E-state index contributed by atoms with van der Waals surface area (Å²) in [5.41, 5.74) is 0. The summed E-state index contributed by atoms with van der Waals surface area (Å²) in [5, 5.41) is 2.66. The van der Waals surface area contributed by atoms with Crippen molar-refractivity contribution in [2.45, 2.75) is 32.9 Å². The Hall–Kier alpha value is -1.06. The van der Waals surface area contributed by atoms with E-state index in [-0.39, 0.29) is 29.8 Å². The summed E-state index contributed by atoms with van der Waals surface area (Å²) in [7, 11) is 1.68. The minimum absolute atomic E-state index is 0.0155. The Morgan fingerprint density at radius 3 is 2.38 bits per heavy atom. The van der Waals surface area contributed by atoms with Crippen LogP contribution in [0, 0.1) is 5.92 Å². The maximum Gasteiger partial charge on any atom is 0.245 e. The van der Waals surface area contributed by atoms with Gasteiger partial charge in [0.15, 0.2) is 0 Å². The third-order valence-corrected chi connectivity index (χ3v) is 2.39. The van der Waals surface area contributed by atoms with Gasteiger partial charge in [-0.25, -0.2) is 0 Å². The van der Waals surface area contributed by atoms with E-state index in [1.54, 1.807) is 14.0 Å². The zero-order valence-corrected chi connectivity index (χ0v) is 8.50. The number of hydrogen-bond acceptors (Lipinski definition) is 2. The number of nitrogens with one attached hydrogen (secondary N) is 1. The first kappa shape index (κ1) is 10.0. The molecular formula is C9H16N2O2. The molecule has 0 aromatic heterocycles. The van der Waals surface area contributed by atoms with Crippen molar-refractivity contribution in [2.75, 3.05) is 7.05 Å². The Bertz CT molecular complexity index is 238. The Kier molecular flexibility index (Phi) is 2.59. The number of hydrogen-bond donors (Lipinski definition) is 1. The molecule has 0 aromatic carbocycles. The van der Waals surface area contributed by atoms with Gasteiger partial charge in [-0.3, -0.25) is 9.59 Å². The van der Waals surface area contributed by atoms with Crippen molar-refractivity contribution in [3.8, 4) is 0 Å². The summed E-state index contributed by atoms with van der Waals surface area (Å²) >= 11 is 0. The number of amides is 2. The Morgan fingerprint density at radius 1 is 1.38 bits per heavy atom. The van der Waals surface area contributed by atoms with E-state index in [0.29, 0.717) is 0 Å². The average Bonchev–Trinajstić information content (AvgIpc) is 1.99. The van der Waals surface area contributed by atoms with Gasteiger partial charge < -0.3 is 10.2 Å². The van der Waals surface area contributed by atoms with Crippen molar-refractivity contribution in [3.63, 3.8) is 0 Å². The van der Waals surface area contributed by atoms with Crippen LogP contribution in [-0.4, -0.2) is 35.8 Å². The van der Waals surface area contributed by atoms with E-state index in [2.05, 4.69) is 5.32 Å². The lowest BCUT2D eigenvalue weighted by molar-refractivity contribution is -0.148. The second-order valence-electron chi connectivity index (χ2n) is 3.87. The molecule has 1 fully saturated rings. The van der Waals surface area contributed by atoms with E-state index in [4.69, 9.17) is 0 Å². The number of carbonyl (C=O) groups is 2. The van der Waals surface area contributed by atoms with E-state index in [1.165, 1.54) is 4.90 Å². The van der Waals surface area contributed by atoms with E-state index in [0.717, 1.165) is 0 Å². The van der Waals surface area contributed by atoms with Gasteiger partial charge in [0.2, 0.25) is 11.8 Å². The Labute approximate surface area is 78.3 Å². The molecule has 0 radical (unpaired) electrons. The molecule has 1 heterocycles. The molecule has 2 unspecified atom stereocenters. The molecule has 2 atom stereocenters. The molecule has 1 aliphatic heterocycles. The van der Waals surface area contributed by atoms with Crippen LogP contribution >= 0.6 is 0 Å². The van der Waals surface area contributed by atoms with E-state index >= 15 is 0 Å². The van der Waals surface area contributed by atoms with Crippen LogP contribution in [0.3, 0.4) is 0 Å². The molecule has 1 N–H and O–H groups in total. The minimum Gasteiger partial charge on any atom is -0.343 e. The summed E-state index contributed by atoms with van der Waals surface area (Å²) in [5.74, 6) is 0.0874. The fourth-order valence-corrected chi connectivity index (χ4v) is 1.73. The SMILES string of the molecule is CC1NC(=O)C(C(C)C)N(C)C1=O. The Balaban J connectivity index is 2.86. The van der Waals surface area contributed by atoms with Gasteiger partial charge in [0.1, 0.15) is 12.1 Å². The highest BCUT2D eigenvalue weighted by Gasteiger charge is 2.37. The molecule has 2 amide bonds. The van der Waals surface area contributed by atoms with Crippen molar-refractivity contribution in [2.24, 2.45) is 5.92 Å². The number of rotatable bonds is 1. The van der Waals surface area contributed by atoms with Crippen molar-refractivity contribution in [1.29, 1.82) is 0 Å². The number of carbonyl (C=O) groups excluding carboxylic acids is 2. The van der Waals surface area contributed by atoms with Gasteiger partial charge in [-0.05, 0) is 12.8 Å². The molecular weight excluding hydrogens is 168 g/mol. The molecule has 4 heteroatoms. The second-order valence-corrected chi connectivity index (χ2v) is 3.87. The zero-order valence-electron chi connectivity index (χ0n) is 8.50. The maximum atomic E-state index is 11.5. The van der Waals surface area contributed by atoms with Crippen LogP contribution in [0.2, 0.25) is 0 Å². The van der Waals surface area contributed by atoms with Crippen LogP contribution in [-0.2, 0) is 9.59 Å². The predicted octanol–water partition coefficient (Wildman–Crippen LogP) is -0.0123. The van der Waals surface area contributed by atoms with Gasteiger partial charge in [-0.15, -0.1) is 0 Å². The largest absolute Gasteiger partial charge is 0.343 e. The summed E-state index contributed by atoms with van der Waals surface area (Å²) in [6, 6.07) is -0.698. The van der Waals surface area contributed by atoms with E-state index in [1.807, 2.05) is 13.8 Å². The zero-order chi connectivity index (χ0) is 10.2. The third-order valence-electron chi connectivity index (χ3n) is 2.39. The smallest absolute Gasteiger partial charge is 0.245 e. The molecule has 0 bridgehead atoms. The molecule has 0 spiro atoms. The summed E-state index contributed by atoms with van der Waals surface area (Å²) < 4.78 is 0.